The van der Waals surface area contributed by atoms with Crippen LogP contribution in [0.3, 0.4) is 0 Å². The molecule has 252 valence electrons. The Kier molecular flexibility index (Phi) is 14.1. The molecule has 0 aliphatic rings. The fourth-order valence-corrected chi connectivity index (χ4v) is 4.38. The van der Waals surface area contributed by atoms with Gasteiger partial charge in [-0.3, -0.25) is 4.79 Å². The molecule has 1 aromatic heterocycles. The summed E-state index contributed by atoms with van der Waals surface area (Å²) >= 11 is 12.2. The maximum Gasteiger partial charge on any atom is 0.495 e. The summed E-state index contributed by atoms with van der Waals surface area (Å²) < 4.78 is 48.2. The number of ether oxygens (including phenoxy) is 2. The lowest BCUT2D eigenvalue weighted by Gasteiger charge is -2.23. The normalized spacial score (nSPS) is 12.3. The third kappa shape index (κ3) is 13.3. The zero-order valence-corrected chi connectivity index (χ0v) is 26.2. The van der Waals surface area contributed by atoms with Gasteiger partial charge in [-0.25, -0.2) is 29.1 Å². The lowest BCUT2D eigenvalue weighted by atomic mass is 10.0. The smallest absolute Gasteiger partial charge is 0.448 e. The number of benzene rings is 2. The average Bonchev–Trinajstić information content (AvgIpc) is 3.00. The molecule has 0 aliphatic carbocycles. The molecule has 2 unspecified atom stereocenters. The van der Waals surface area contributed by atoms with Crippen LogP contribution in [0.25, 0.3) is 0 Å². The Morgan fingerprint density at radius 3 is 2.28 bits per heavy atom. The van der Waals surface area contributed by atoms with Crippen LogP contribution in [0.2, 0.25) is 10.0 Å². The van der Waals surface area contributed by atoms with Crippen LogP contribution < -0.4 is 16.0 Å². The van der Waals surface area contributed by atoms with Crippen LogP contribution in [0.4, 0.5) is 23.8 Å². The van der Waals surface area contributed by atoms with Crippen molar-refractivity contribution in [2.45, 2.75) is 38.2 Å². The minimum absolute atomic E-state index is 0.0684. The molecule has 0 saturated carbocycles. The molecule has 47 heavy (non-hydrogen) atoms. The van der Waals surface area contributed by atoms with Crippen LogP contribution in [-0.4, -0.2) is 60.9 Å². The summed E-state index contributed by atoms with van der Waals surface area (Å²) in [4.78, 5) is 61.3. The van der Waals surface area contributed by atoms with E-state index in [1.807, 2.05) is 13.0 Å². The molecule has 3 N–H and O–H groups in total. The molecule has 12 nitrogen and oxygen atoms in total. The third-order valence-electron chi connectivity index (χ3n) is 5.95. The summed E-state index contributed by atoms with van der Waals surface area (Å²) in [6, 6.07) is 15.6. The van der Waals surface area contributed by atoms with Gasteiger partial charge < -0.3 is 25.4 Å². The van der Waals surface area contributed by atoms with E-state index in [9.17, 15) is 32.3 Å². The molecule has 2 amide bonds. The minimum Gasteiger partial charge on any atom is -0.448 e. The van der Waals surface area contributed by atoms with E-state index in [4.69, 9.17) is 32.7 Å². The fraction of sp³-hybridized carbons (Fsp3) is 0.300. The lowest BCUT2D eigenvalue weighted by molar-refractivity contribution is -0.286. The van der Waals surface area contributed by atoms with Crippen molar-refractivity contribution in [3.8, 4) is 0 Å². The van der Waals surface area contributed by atoms with Crippen LogP contribution in [0, 0.1) is 6.92 Å². The highest BCUT2D eigenvalue weighted by atomic mass is 35.5. The van der Waals surface area contributed by atoms with E-state index >= 15 is 0 Å². The van der Waals surface area contributed by atoms with Gasteiger partial charge in [0.2, 0.25) is 5.91 Å². The van der Waals surface area contributed by atoms with E-state index in [1.165, 1.54) is 18.2 Å². The number of carbonyl (C=O) groups is 4. The number of hydrogen-bond donors (Lipinski definition) is 3. The molecule has 3 rings (SSSR count). The summed E-state index contributed by atoms with van der Waals surface area (Å²) in [5, 5.41) is 8.08. The van der Waals surface area contributed by atoms with Gasteiger partial charge in [0, 0.05) is 15.7 Å². The highest BCUT2D eigenvalue weighted by Gasteiger charge is 2.43. The number of amides is 2. The number of aromatic nitrogens is 1. The van der Waals surface area contributed by atoms with Crippen LogP contribution in [-0.2, 0) is 40.2 Å². The second-order valence-electron chi connectivity index (χ2n) is 9.72. The summed E-state index contributed by atoms with van der Waals surface area (Å²) in [5.74, 6) is -4.54. The highest BCUT2D eigenvalue weighted by Crippen LogP contribution is 2.26. The zero-order chi connectivity index (χ0) is 34.4. The van der Waals surface area contributed by atoms with Crippen LogP contribution >= 0.6 is 23.2 Å². The number of pyridine rings is 1. The quantitative estimate of drug-likeness (QED) is 0.116. The fourth-order valence-electron chi connectivity index (χ4n) is 3.83. The van der Waals surface area contributed by atoms with E-state index in [2.05, 4.69) is 30.7 Å². The summed E-state index contributed by atoms with van der Waals surface area (Å²) in [6.07, 6.45) is -7.24. The van der Waals surface area contributed by atoms with Crippen molar-refractivity contribution < 1.29 is 51.6 Å². The molecule has 0 radical (unpaired) electrons. The third-order valence-corrected chi connectivity index (χ3v) is 6.39. The number of alkyl halides is 3. The van der Waals surface area contributed by atoms with Crippen LogP contribution in [0.1, 0.15) is 29.3 Å². The predicted molar refractivity (Wildman–Crippen MR) is 162 cm³/mol. The molecule has 0 saturated heterocycles. The molecule has 2 aromatic carbocycles. The number of nitrogens with zero attached hydrogens (tertiary/aromatic N) is 1. The monoisotopic (exact) mass is 700 g/mol. The Balaban J connectivity index is 1.70. The second kappa shape index (κ2) is 17.9. The second-order valence-corrected chi connectivity index (χ2v) is 10.6. The van der Waals surface area contributed by atoms with E-state index < -0.39 is 48.6 Å². The first kappa shape index (κ1) is 36.9. The van der Waals surface area contributed by atoms with Crippen molar-refractivity contribution in [2.24, 2.45) is 0 Å². The molecule has 0 bridgehead atoms. The number of rotatable bonds is 14. The maximum atomic E-state index is 13.5. The minimum atomic E-state index is -5.42. The van der Waals surface area contributed by atoms with E-state index in [1.54, 1.807) is 42.5 Å². The van der Waals surface area contributed by atoms with Gasteiger partial charge in [0.15, 0.2) is 0 Å². The van der Waals surface area contributed by atoms with Crippen molar-refractivity contribution in [1.82, 2.24) is 15.6 Å². The Morgan fingerprint density at radius 1 is 0.915 bits per heavy atom. The Bertz CT molecular complexity index is 1510. The predicted octanol–water partition coefficient (Wildman–Crippen LogP) is 5.23. The number of alkyl carbamates (subject to hydrolysis) is 1. The molecular weight excluding hydrogens is 672 g/mol. The number of halogens is 5. The van der Waals surface area contributed by atoms with E-state index in [-0.39, 0.29) is 42.0 Å². The van der Waals surface area contributed by atoms with Gasteiger partial charge in [-0.1, -0.05) is 59.6 Å². The standard InChI is InChI=1S/C30H29Cl2F3N4O8/c1-18-6-5-9-25(37-18)36-10-11-45-29(43)39-24(17-44-16-19-7-3-2-4-8-19)27(41)38-23(20-12-21(31)14-22(32)13-20)15-26(40)46-47-28(42)30(33,34)35/h2-9,12-14,23-24H,10-11,15-17H2,1H3,(H,36,37)(H,38,41)(H,39,43). The molecule has 17 heteroatoms. The topological polar surface area (TPSA) is 154 Å². The van der Waals surface area contributed by atoms with Crippen LogP contribution in [0.5, 0.6) is 0 Å². The maximum absolute atomic E-state index is 13.5. The number of nitrogens with one attached hydrogen (secondary N) is 3. The molecule has 3 aromatic rings. The van der Waals surface area contributed by atoms with Gasteiger partial charge in [0.05, 0.1) is 32.2 Å². The molecule has 0 spiro atoms. The molecule has 2 atom stereocenters. The summed E-state index contributed by atoms with van der Waals surface area (Å²) in [7, 11) is 0. The van der Waals surface area contributed by atoms with Gasteiger partial charge in [0.1, 0.15) is 18.5 Å². The van der Waals surface area contributed by atoms with Gasteiger partial charge >= 0.3 is 24.2 Å². The molecular formula is C30H29Cl2F3N4O8. The van der Waals surface area contributed by atoms with Crippen molar-refractivity contribution in [1.29, 1.82) is 0 Å². The molecule has 0 fully saturated rings. The number of anilines is 1. The van der Waals surface area contributed by atoms with Gasteiger partial charge in [-0.2, -0.15) is 13.2 Å². The molecule has 1 heterocycles. The molecule has 0 aliphatic heterocycles. The SMILES string of the molecule is Cc1cccc(NCCOC(=O)NC(COCc2ccccc2)C(=O)NC(CC(=O)OOC(=O)C(F)(F)F)c2cc(Cl)cc(Cl)c2)n1. The zero-order valence-electron chi connectivity index (χ0n) is 24.6. The van der Waals surface area contributed by atoms with Crippen molar-refractivity contribution in [2.75, 3.05) is 25.1 Å². The highest BCUT2D eigenvalue weighted by molar-refractivity contribution is 6.34. The van der Waals surface area contributed by atoms with Gasteiger partial charge in [-0.05, 0) is 48.4 Å². The Labute approximate surface area is 276 Å². The first-order valence-corrected chi connectivity index (χ1v) is 14.5. The van der Waals surface area contributed by atoms with Crippen molar-refractivity contribution in [3.05, 3.63) is 93.6 Å². The average molecular weight is 701 g/mol. The lowest BCUT2D eigenvalue weighted by Crippen LogP contribution is -2.50. The van der Waals surface area contributed by atoms with Crippen molar-refractivity contribution >= 4 is 53.0 Å². The summed E-state index contributed by atoms with van der Waals surface area (Å²) in [5.41, 5.74) is 1.69. The van der Waals surface area contributed by atoms with Crippen LogP contribution in [0.15, 0.2) is 66.7 Å². The summed E-state index contributed by atoms with van der Waals surface area (Å²) in [6.45, 7) is 1.62. The number of carbonyl (C=O) groups excluding carboxylic acids is 4. The van der Waals surface area contributed by atoms with E-state index in [0.717, 1.165) is 11.3 Å². The van der Waals surface area contributed by atoms with Crippen molar-refractivity contribution in [3.63, 3.8) is 0 Å². The number of aryl methyl sites for hydroxylation is 1. The van der Waals surface area contributed by atoms with Gasteiger partial charge in [0.25, 0.3) is 0 Å². The Hall–Kier alpha value is -4.60. The largest absolute Gasteiger partial charge is 0.495 e. The van der Waals surface area contributed by atoms with E-state index in [0.29, 0.717) is 5.82 Å². The first-order chi connectivity index (χ1) is 22.3. The van der Waals surface area contributed by atoms with Gasteiger partial charge in [-0.15, -0.1) is 0 Å². The Morgan fingerprint density at radius 2 is 1.62 bits per heavy atom. The number of hydrogen-bond acceptors (Lipinski definition) is 10. The first-order valence-electron chi connectivity index (χ1n) is 13.8.